The van der Waals surface area contributed by atoms with Gasteiger partial charge in [-0.1, -0.05) is 62.9 Å². The highest BCUT2D eigenvalue weighted by molar-refractivity contribution is 8.26. The molecule has 1 aliphatic heterocycles. The molecule has 0 bridgehead atoms. The number of carbonyl (C=O) groups excluding carboxylic acids is 2. The summed E-state index contributed by atoms with van der Waals surface area (Å²) in [5.74, 6) is 0.00939. The van der Waals surface area contributed by atoms with E-state index in [0.29, 0.717) is 17.1 Å². The lowest BCUT2D eigenvalue weighted by atomic mass is 10.1. The Morgan fingerprint density at radius 1 is 1.16 bits per heavy atom. The van der Waals surface area contributed by atoms with Crippen molar-refractivity contribution in [1.82, 2.24) is 15.4 Å². The van der Waals surface area contributed by atoms with Gasteiger partial charge in [0.2, 0.25) is 0 Å². The molecule has 1 fully saturated rings. The first-order valence-electron chi connectivity index (χ1n) is 10.8. The molecule has 0 aliphatic carbocycles. The van der Waals surface area contributed by atoms with Crippen LogP contribution in [0.1, 0.15) is 61.4 Å². The molecule has 0 saturated carbocycles. The minimum absolute atomic E-state index is 0.275. The van der Waals surface area contributed by atoms with E-state index < -0.39 is 5.91 Å². The van der Waals surface area contributed by atoms with Crippen molar-refractivity contribution in [3.8, 4) is 5.75 Å². The van der Waals surface area contributed by atoms with Crippen molar-refractivity contribution in [2.75, 3.05) is 6.61 Å². The second-order valence-electron chi connectivity index (χ2n) is 7.39. The van der Waals surface area contributed by atoms with Gasteiger partial charge in [-0.25, -0.2) is 0 Å². The van der Waals surface area contributed by atoms with Crippen LogP contribution in [0.2, 0.25) is 0 Å². The molecule has 8 heteroatoms. The van der Waals surface area contributed by atoms with Gasteiger partial charge in [-0.15, -0.1) is 0 Å². The summed E-state index contributed by atoms with van der Waals surface area (Å²) in [7, 11) is 0. The zero-order valence-corrected chi connectivity index (χ0v) is 19.7. The van der Waals surface area contributed by atoms with Gasteiger partial charge in [0.05, 0.1) is 17.1 Å². The molecule has 2 heterocycles. The standard InChI is InChI=1S/C24H27N3O3S2/c1-2-3-4-5-6-7-15-30-20-12-10-18(11-13-20)16-21-23(29)27(24(31)32-21)26-22(28)19-9-8-14-25-17-19/h8-14,16-17H,2-7,15H2,1H3,(H,26,28)/b21-16-. The van der Waals surface area contributed by atoms with Crippen LogP contribution in [0.5, 0.6) is 5.75 Å². The van der Waals surface area contributed by atoms with Crippen LogP contribution in [0.3, 0.4) is 0 Å². The number of unbranched alkanes of at least 4 members (excludes halogenated alkanes) is 5. The Morgan fingerprint density at radius 2 is 1.91 bits per heavy atom. The first kappa shape index (κ1) is 23.9. The topological polar surface area (TPSA) is 71.5 Å². The second-order valence-corrected chi connectivity index (χ2v) is 9.06. The molecule has 6 nitrogen and oxygen atoms in total. The van der Waals surface area contributed by atoms with Crippen molar-refractivity contribution in [1.29, 1.82) is 0 Å². The van der Waals surface area contributed by atoms with Crippen LogP contribution in [0.25, 0.3) is 6.08 Å². The third kappa shape index (κ3) is 6.90. The number of thiocarbonyl (C=S) groups is 1. The minimum atomic E-state index is -0.442. The maximum Gasteiger partial charge on any atom is 0.285 e. The summed E-state index contributed by atoms with van der Waals surface area (Å²) >= 11 is 6.42. The fourth-order valence-electron chi connectivity index (χ4n) is 3.11. The Labute approximate surface area is 198 Å². The summed E-state index contributed by atoms with van der Waals surface area (Å²) < 4.78 is 6.08. The minimum Gasteiger partial charge on any atom is -0.494 e. The summed E-state index contributed by atoms with van der Waals surface area (Å²) in [4.78, 5) is 29.4. The molecule has 1 aromatic carbocycles. The van der Waals surface area contributed by atoms with Gasteiger partial charge in [-0.05, 0) is 54.5 Å². The molecule has 1 saturated heterocycles. The maximum atomic E-state index is 12.7. The van der Waals surface area contributed by atoms with Crippen LogP contribution in [0, 0.1) is 0 Å². The molecule has 2 aromatic rings. The van der Waals surface area contributed by atoms with E-state index in [1.54, 1.807) is 24.4 Å². The summed E-state index contributed by atoms with van der Waals surface area (Å²) in [5, 5.41) is 1.10. The lowest BCUT2D eigenvalue weighted by molar-refractivity contribution is -0.123. The van der Waals surface area contributed by atoms with E-state index in [2.05, 4.69) is 17.3 Å². The number of carbonyl (C=O) groups is 2. The zero-order valence-electron chi connectivity index (χ0n) is 18.1. The van der Waals surface area contributed by atoms with Gasteiger partial charge in [0.1, 0.15) is 5.75 Å². The Hall–Kier alpha value is -2.71. The highest BCUT2D eigenvalue weighted by atomic mass is 32.2. The molecule has 168 valence electrons. The van der Waals surface area contributed by atoms with Gasteiger partial charge in [-0.2, -0.15) is 5.01 Å². The number of thioether (sulfide) groups is 1. The van der Waals surface area contributed by atoms with E-state index in [4.69, 9.17) is 17.0 Å². The van der Waals surface area contributed by atoms with Gasteiger partial charge < -0.3 is 4.74 Å². The quantitative estimate of drug-likeness (QED) is 0.271. The highest BCUT2D eigenvalue weighted by Crippen LogP contribution is 2.31. The van der Waals surface area contributed by atoms with Crippen molar-refractivity contribution in [2.24, 2.45) is 0 Å². The Balaban J connectivity index is 1.51. The number of benzene rings is 1. The summed E-state index contributed by atoms with van der Waals surface area (Å²) in [6, 6.07) is 10.9. The number of aromatic nitrogens is 1. The highest BCUT2D eigenvalue weighted by Gasteiger charge is 2.33. The van der Waals surface area contributed by atoms with Crippen LogP contribution in [0.4, 0.5) is 0 Å². The predicted octanol–water partition coefficient (Wildman–Crippen LogP) is 5.37. The smallest absolute Gasteiger partial charge is 0.285 e. The monoisotopic (exact) mass is 469 g/mol. The number of amides is 2. The lowest BCUT2D eigenvalue weighted by Gasteiger charge is -2.15. The van der Waals surface area contributed by atoms with Crippen molar-refractivity contribution in [3.63, 3.8) is 0 Å². The number of pyridine rings is 1. The summed E-state index contributed by atoms with van der Waals surface area (Å²) in [5.41, 5.74) is 3.75. The number of ether oxygens (including phenoxy) is 1. The van der Waals surface area contributed by atoms with E-state index in [0.717, 1.165) is 34.5 Å². The first-order valence-corrected chi connectivity index (χ1v) is 12.0. The van der Waals surface area contributed by atoms with E-state index in [9.17, 15) is 9.59 Å². The number of hydrogen-bond donors (Lipinski definition) is 1. The SMILES string of the molecule is CCCCCCCCOc1ccc(/C=C2\SC(=S)N(NC(=O)c3cccnc3)C2=O)cc1. The van der Waals surface area contributed by atoms with Crippen LogP contribution < -0.4 is 10.2 Å². The molecule has 1 aromatic heterocycles. The molecule has 2 amide bonds. The third-order valence-electron chi connectivity index (χ3n) is 4.88. The largest absolute Gasteiger partial charge is 0.494 e. The van der Waals surface area contributed by atoms with Crippen molar-refractivity contribution in [2.45, 2.75) is 45.4 Å². The fraction of sp³-hybridized carbons (Fsp3) is 0.333. The molecule has 0 radical (unpaired) electrons. The Kier molecular flexibility index (Phi) is 9.25. The van der Waals surface area contributed by atoms with Crippen LogP contribution in [0.15, 0.2) is 53.7 Å². The van der Waals surface area contributed by atoms with E-state index in [1.165, 1.54) is 38.3 Å². The van der Waals surface area contributed by atoms with Crippen LogP contribution >= 0.6 is 24.0 Å². The molecule has 32 heavy (non-hydrogen) atoms. The molecule has 3 rings (SSSR count). The number of rotatable bonds is 11. The molecular weight excluding hydrogens is 442 g/mol. The van der Waals surface area contributed by atoms with Crippen molar-refractivity contribution < 1.29 is 14.3 Å². The number of nitrogens with one attached hydrogen (secondary N) is 1. The average molecular weight is 470 g/mol. The predicted molar refractivity (Wildman–Crippen MR) is 132 cm³/mol. The van der Waals surface area contributed by atoms with E-state index in [-0.39, 0.29) is 10.2 Å². The second kappa shape index (κ2) is 12.4. The van der Waals surface area contributed by atoms with Crippen molar-refractivity contribution in [3.05, 3.63) is 64.8 Å². The van der Waals surface area contributed by atoms with Gasteiger partial charge in [0.25, 0.3) is 11.8 Å². The van der Waals surface area contributed by atoms with E-state index >= 15 is 0 Å². The Morgan fingerprint density at radius 3 is 2.62 bits per heavy atom. The first-order chi connectivity index (χ1) is 15.6. The van der Waals surface area contributed by atoms with Crippen molar-refractivity contribution >= 4 is 46.2 Å². The molecule has 1 N–H and O–H groups in total. The molecule has 0 atom stereocenters. The molecule has 1 aliphatic rings. The van der Waals surface area contributed by atoms with Crippen LogP contribution in [-0.2, 0) is 4.79 Å². The number of nitrogens with zero attached hydrogens (tertiary/aromatic N) is 2. The summed E-state index contributed by atoms with van der Waals surface area (Å²) in [6.45, 7) is 2.93. The van der Waals surface area contributed by atoms with Gasteiger partial charge in [0.15, 0.2) is 4.32 Å². The van der Waals surface area contributed by atoms with E-state index in [1.807, 2.05) is 24.3 Å². The van der Waals surface area contributed by atoms with Gasteiger partial charge >= 0.3 is 0 Å². The zero-order chi connectivity index (χ0) is 22.8. The third-order valence-corrected chi connectivity index (χ3v) is 6.18. The average Bonchev–Trinajstić information content (AvgIpc) is 3.07. The lowest BCUT2D eigenvalue weighted by Crippen LogP contribution is -2.44. The molecular formula is C24H27N3O3S2. The normalized spacial score (nSPS) is 14.8. The Bertz CT molecular complexity index is 962. The fourth-order valence-corrected chi connectivity index (χ4v) is 4.29. The number of hydrazine groups is 1. The van der Waals surface area contributed by atoms with Crippen LogP contribution in [-0.4, -0.2) is 32.7 Å². The van der Waals surface area contributed by atoms with Gasteiger partial charge in [0, 0.05) is 12.4 Å². The molecule has 0 unspecified atom stereocenters. The summed E-state index contributed by atoms with van der Waals surface area (Å²) in [6.07, 6.45) is 12.1. The van der Waals surface area contributed by atoms with Gasteiger partial charge in [-0.3, -0.25) is 20.0 Å². The molecule has 0 spiro atoms. The maximum absolute atomic E-state index is 12.7. The number of hydrogen-bond acceptors (Lipinski definition) is 6.